The van der Waals surface area contributed by atoms with E-state index in [1.807, 2.05) is 31.2 Å². The molecule has 0 fully saturated rings. The summed E-state index contributed by atoms with van der Waals surface area (Å²) in [5.41, 5.74) is 19.6. The lowest BCUT2D eigenvalue weighted by atomic mass is 9.69. The highest BCUT2D eigenvalue weighted by Gasteiger charge is 2.33. The van der Waals surface area contributed by atoms with Crippen molar-refractivity contribution in [2.75, 3.05) is 0 Å². The van der Waals surface area contributed by atoms with Crippen LogP contribution in [0.5, 0.6) is 0 Å². The number of aryl methyl sites for hydroxylation is 6. The number of hydrogen-bond donors (Lipinski definition) is 4. The Morgan fingerprint density at radius 3 is 1.10 bits per heavy atom. The fourth-order valence-electron chi connectivity index (χ4n) is 10.8. The molecule has 6 aromatic carbocycles. The molecule has 6 aromatic rings. The van der Waals surface area contributed by atoms with Crippen LogP contribution in [0.25, 0.3) is 22.3 Å². The van der Waals surface area contributed by atoms with E-state index in [-0.39, 0.29) is 52.8 Å². The Morgan fingerprint density at radius 1 is 0.455 bits per heavy atom. The maximum atomic E-state index is 10.5. The van der Waals surface area contributed by atoms with Gasteiger partial charge in [-0.1, -0.05) is 178 Å². The molecule has 77 heavy (non-hydrogen) atoms. The number of aliphatic hydroxyl groups is 4. The van der Waals surface area contributed by atoms with Crippen molar-refractivity contribution in [1.29, 1.82) is 0 Å². The molecule has 0 bridgehead atoms. The molecule has 8 heteroatoms. The van der Waals surface area contributed by atoms with Crippen LogP contribution in [-0.4, -0.2) is 44.9 Å². The SMILES string of the molecule is CCC(CC)(c1ccc(CCC(O)C(C)(C)C)c(C)c1)c1ccc(-c2cccc(C(C)O)c2)c(C)c1.CCC(CC)(c1ccc(CCC(O)C(C)(C)C)c(C)c1)c1ccc(-c2cccc(CO)c2)c(C)c1.O=C=O.O=C=O. The van der Waals surface area contributed by atoms with Crippen LogP contribution in [0.4, 0.5) is 0 Å². The fraction of sp³-hybridized carbons (Fsp3) is 0.449. The van der Waals surface area contributed by atoms with Gasteiger partial charge in [-0.25, -0.2) is 0 Å². The van der Waals surface area contributed by atoms with Gasteiger partial charge in [0.1, 0.15) is 0 Å². The van der Waals surface area contributed by atoms with Crippen molar-refractivity contribution in [2.24, 2.45) is 10.8 Å². The van der Waals surface area contributed by atoms with Gasteiger partial charge < -0.3 is 20.4 Å². The Kier molecular flexibility index (Phi) is 25.1. The van der Waals surface area contributed by atoms with Crippen LogP contribution < -0.4 is 0 Å². The molecule has 0 aliphatic rings. The summed E-state index contributed by atoms with van der Waals surface area (Å²) >= 11 is 0. The molecule has 0 aromatic heterocycles. The Balaban J connectivity index is 0.000000368. The molecular weight excluding hydrogens is 957 g/mol. The van der Waals surface area contributed by atoms with Crippen LogP contribution >= 0.6 is 0 Å². The van der Waals surface area contributed by atoms with Crippen LogP contribution in [0.2, 0.25) is 0 Å². The summed E-state index contributed by atoms with van der Waals surface area (Å²) in [7, 11) is 0. The first kappa shape index (κ1) is 65.2. The third-order valence-electron chi connectivity index (χ3n) is 16.2. The summed E-state index contributed by atoms with van der Waals surface area (Å²) in [5, 5.41) is 40.6. The van der Waals surface area contributed by atoms with E-state index in [9.17, 15) is 20.4 Å². The van der Waals surface area contributed by atoms with E-state index in [0.29, 0.717) is 0 Å². The molecule has 0 radical (unpaired) electrons. The van der Waals surface area contributed by atoms with Gasteiger partial charge >= 0.3 is 12.3 Å². The van der Waals surface area contributed by atoms with Gasteiger partial charge in [0.05, 0.1) is 24.9 Å². The Morgan fingerprint density at radius 2 is 0.792 bits per heavy atom. The molecule has 3 unspecified atom stereocenters. The van der Waals surface area contributed by atoms with Gasteiger partial charge in [-0.05, 0) is 198 Å². The molecule has 414 valence electrons. The number of rotatable bonds is 18. The minimum Gasteiger partial charge on any atom is -0.393 e. The third-order valence-corrected chi connectivity index (χ3v) is 16.2. The second kappa shape index (κ2) is 29.6. The van der Waals surface area contributed by atoms with Gasteiger partial charge in [-0.2, -0.15) is 19.2 Å². The van der Waals surface area contributed by atoms with E-state index >= 15 is 0 Å². The summed E-state index contributed by atoms with van der Waals surface area (Å²) < 4.78 is 0. The van der Waals surface area contributed by atoms with E-state index < -0.39 is 6.10 Å². The van der Waals surface area contributed by atoms with Crippen molar-refractivity contribution in [3.05, 3.63) is 188 Å². The molecule has 0 spiro atoms. The topological polar surface area (TPSA) is 149 Å². The van der Waals surface area contributed by atoms with Gasteiger partial charge in [0, 0.05) is 10.8 Å². The van der Waals surface area contributed by atoms with E-state index in [2.05, 4.69) is 194 Å². The highest BCUT2D eigenvalue weighted by molar-refractivity contribution is 5.70. The predicted octanol–water partition coefficient (Wildman–Crippen LogP) is 15.2. The lowest BCUT2D eigenvalue weighted by molar-refractivity contribution is -0.193. The van der Waals surface area contributed by atoms with Gasteiger partial charge in [0.25, 0.3) is 0 Å². The maximum absolute atomic E-state index is 10.5. The monoisotopic (exact) mass is 1050 g/mol. The molecule has 0 saturated heterocycles. The number of carbonyl (C=O) groups excluding carboxylic acids is 4. The molecule has 0 aliphatic heterocycles. The van der Waals surface area contributed by atoms with E-state index in [1.54, 1.807) is 0 Å². The lowest BCUT2D eigenvalue weighted by Gasteiger charge is -2.34. The summed E-state index contributed by atoms with van der Waals surface area (Å²) in [4.78, 5) is 32.5. The van der Waals surface area contributed by atoms with Crippen LogP contribution in [0.15, 0.2) is 121 Å². The lowest BCUT2D eigenvalue weighted by Crippen LogP contribution is -2.27. The van der Waals surface area contributed by atoms with Crippen molar-refractivity contribution < 1.29 is 39.6 Å². The normalized spacial score (nSPS) is 12.8. The minimum atomic E-state index is -0.472. The zero-order valence-electron chi connectivity index (χ0n) is 49.1. The van der Waals surface area contributed by atoms with Gasteiger partial charge in [-0.15, -0.1) is 0 Å². The first-order valence-corrected chi connectivity index (χ1v) is 27.6. The van der Waals surface area contributed by atoms with Crippen LogP contribution in [0.3, 0.4) is 0 Å². The van der Waals surface area contributed by atoms with Crippen LogP contribution in [-0.2, 0) is 49.5 Å². The first-order valence-electron chi connectivity index (χ1n) is 27.6. The van der Waals surface area contributed by atoms with Crippen molar-refractivity contribution in [3.63, 3.8) is 0 Å². The van der Waals surface area contributed by atoms with Crippen molar-refractivity contribution >= 4 is 12.3 Å². The summed E-state index contributed by atoms with van der Waals surface area (Å²) in [6.07, 6.45) is 6.92. The first-order chi connectivity index (χ1) is 36.3. The zero-order valence-corrected chi connectivity index (χ0v) is 49.1. The smallest absolute Gasteiger partial charge is 0.373 e. The zero-order chi connectivity index (χ0) is 57.9. The largest absolute Gasteiger partial charge is 0.393 e. The van der Waals surface area contributed by atoms with E-state index in [4.69, 9.17) is 19.2 Å². The quantitative estimate of drug-likeness (QED) is 0.0665. The van der Waals surface area contributed by atoms with Crippen LogP contribution in [0.1, 0.15) is 188 Å². The maximum Gasteiger partial charge on any atom is 0.373 e. The summed E-state index contributed by atoms with van der Waals surface area (Å²) in [6, 6.07) is 44.1. The number of benzene rings is 6. The van der Waals surface area contributed by atoms with Crippen molar-refractivity contribution in [1.82, 2.24) is 0 Å². The Labute approximate surface area is 462 Å². The molecule has 0 heterocycles. The highest BCUT2D eigenvalue weighted by Crippen LogP contribution is 2.43. The van der Waals surface area contributed by atoms with Crippen LogP contribution in [0, 0.1) is 38.5 Å². The second-order valence-electron chi connectivity index (χ2n) is 23.1. The Bertz CT molecular complexity index is 2860. The standard InChI is InChI=1S/C34H46O2.C33H44O2.2CO2/c1-9-34(10-2,29-16-14-26(23(3)20-29)15-19-32(36)33(6,7)8)30-17-18-31(24(4)21-30)28-13-11-12-27(22-28)25(5)35;1-8-33(9-2,28-15-13-26(23(3)19-28)14-18-31(35)32(5,6)7)29-16-17-30(24(4)20-29)27-12-10-11-25(21-27)22-34;2*2-1-3/h11-14,16-18,20-22,25,32,35-36H,9-10,15,19H2,1-8H3;10-13,15-17,19-21,31,34-35H,8-9,14,18,22H2,1-7H3;;. The third kappa shape index (κ3) is 17.0. The average Bonchev–Trinajstić information content (AvgIpc) is 3.39. The van der Waals surface area contributed by atoms with E-state index in [1.165, 1.54) is 66.8 Å². The van der Waals surface area contributed by atoms with Gasteiger partial charge in [0.15, 0.2) is 0 Å². The van der Waals surface area contributed by atoms with Gasteiger partial charge in [-0.3, -0.25) is 0 Å². The molecule has 8 nitrogen and oxygen atoms in total. The highest BCUT2D eigenvalue weighted by atomic mass is 16.3. The molecule has 4 N–H and O–H groups in total. The Hall–Kier alpha value is -6.08. The predicted molar refractivity (Wildman–Crippen MR) is 312 cm³/mol. The summed E-state index contributed by atoms with van der Waals surface area (Å²) in [6.45, 7) is 32.4. The van der Waals surface area contributed by atoms with Crippen molar-refractivity contribution in [3.8, 4) is 22.3 Å². The molecule has 0 saturated carbocycles. The van der Waals surface area contributed by atoms with Crippen molar-refractivity contribution in [2.45, 2.75) is 191 Å². The summed E-state index contributed by atoms with van der Waals surface area (Å²) in [5.74, 6) is 0. The fourth-order valence-corrected chi connectivity index (χ4v) is 10.8. The number of hydrogen-bond acceptors (Lipinski definition) is 8. The molecule has 0 aliphatic carbocycles. The second-order valence-corrected chi connectivity index (χ2v) is 23.1. The van der Waals surface area contributed by atoms with E-state index in [0.717, 1.165) is 73.6 Å². The molecule has 0 amide bonds. The average molecular weight is 1050 g/mol. The number of aliphatic hydroxyl groups excluding tert-OH is 4. The molecule has 6 rings (SSSR count). The molecular formula is C69H90O8. The van der Waals surface area contributed by atoms with Gasteiger partial charge in [0.2, 0.25) is 0 Å². The molecule has 3 atom stereocenters. The minimum absolute atomic E-state index is 0.0373.